The molecule has 110 valence electrons. The average Bonchev–Trinajstić information content (AvgIpc) is 2.49. The second-order valence-corrected chi connectivity index (χ2v) is 5.94. The van der Waals surface area contributed by atoms with Crippen LogP contribution in [0.1, 0.15) is 34.0 Å². The van der Waals surface area contributed by atoms with Crippen LogP contribution in [0, 0.1) is 6.92 Å². The standard InChI is InChI=1S/C17H19BrN2O/c1-3-12-4-6-13(7-5-12)10-20-17(21)15-8-14(18)9-16(19)11(15)2/h4-9H,3,10,19H2,1-2H3,(H,20,21). The average molecular weight is 347 g/mol. The van der Waals surface area contributed by atoms with E-state index in [1.54, 1.807) is 12.1 Å². The topological polar surface area (TPSA) is 55.1 Å². The van der Waals surface area contributed by atoms with Gasteiger partial charge in [0.05, 0.1) is 0 Å². The molecule has 21 heavy (non-hydrogen) atoms. The highest BCUT2D eigenvalue weighted by molar-refractivity contribution is 9.10. The van der Waals surface area contributed by atoms with Gasteiger partial charge >= 0.3 is 0 Å². The zero-order valence-electron chi connectivity index (χ0n) is 12.2. The van der Waals surface area contributed by atoms with Crippen LogP contribution in [0.2, 0.25) is 0 Å². The Balaban J connectivity index is 2.08. The highest BCUT2D eigenvalue weighted by Gasteiger charge is 2.12. The molecule has 1 amide bonds. The van der Waals surface area contributed by atoms with Gasteiger partial charge in [-0.2, -0.15) is 0 Å². The number of nitrogen functional groups attached to an aromatic ring is 1. The molecule has 0 aliphatic carbocycles. The van der Waals surface area contributed by atoms with Crippen molar-refractivity contribution >= 4 is 27.5 Å². The Morgan fingerprint density at radius 2 is 1.81 bits per heavy atom. The van der Waals surface area contributed by atoms with Crippen LogP contribution in [-0.4, -0.2) is 5.91 Å². The number of benzene rings is 2. The molecule has 0 atom stereocenters. The second kappa shape index (κ2) is 6.76. The molecular formula is C17H19BrN2O. The number of amides is 1. The summed E-state index contributed by atoms with van der Waals surface area (Å²) in [5.41, 5.74) is 10.3. The number of halogens is 1. The third kappa shape index (κ3) is 3.85. The number of hydrogen-bond donors (Lipinski definition) is 2. The first kappa shape index (κ1) is 15.6. The van der Waals surface area contributed by atoms with Crippen molar-refractivity contribution in [3.05, 3.63) is 63.1 Å². The van der Waals surface area contributed by atoms with Crippen LogP contribution < -0.4 is 11.1 Å². The predicted octanol–water partition coefficient (Wildman–Crippen LogP) is 3.83. The van der Waals surface area contributed by atoms with E-state index in [1.165, 1.54) is 5.56 Å². The van der Waals surface area contributed by atoms with E-state index < -0.39 is 0 Å². The molecule has 0 bridgehead atoms. The predicted molar refractivity (Wildman–Crippen MR) is 90.3 cm³/mol. The van der Waals surface area contributed by atoms with Crippen molar-refractivity contribution < 1.29 is 4.79 Å². The van der Waals surface area contributed by atoms with Crippen LogP contribution in [-0.2, 0) is 13.0 Å². The maximum atomic E-state index is 12.3. The molecule has 2 aromatic carbocycles. The summed E-state index contributed by atoms with van der Waals surface area (Å²) < 4.78 is 0.808. The molecule has 3 N–H and O–H groups in total. The summed E-state index contributed by atoms with van der Waals surface area (Å²) >= 11 is 3.37. The number of hydrogen-bond acceptors (Lipinski definition) is 2. The third-order valence-electron chi connectivity index (χ3n) is 3.54. The van der Waals surface area contributed by atoms with Crippen LogP contribution in [0.4, 0.5) is 5.69 Å². The van der Waals surface area contributed by atoms with Crippen LogP contribution in [0.3, 0.4) is 0 Å². The first-order valence-corrected chi connectivity index (χ1v) is 7.72. The van der Waals surface area contributed by atoms with Crippen molar-refractivity contribution in [3.8, 4) is 0 Å². The first-order valence-electron chi connectivity index (χ1n) is 6.93. The minimum atomic E-state index is -0.111. The molecule has 2 rings (SSSR count). The second-order valence-electron chi connectivity index (χ2n) is 5.02. The van der Waals surface area contributed by atoms with Crippen LogP contribution in [0.5, 0.6) is 0 Å². The molecule has 0 fully saturated rings. The van der Waals surface area contributed by atoms with E-state index in [2.05, 4.69) is 40.3 Å². The van der Waals surface area contributed by atoms with E-state index in [-0.39, 0.29) is 5.91 Å². The fourth-order valence-corrected chi connectivity index (χ4v) is 2.58. The number of rotatable bonds is 4. The van der Waals surface area contributed by atoms with Gasteiger partial charge < -0.3 is 11.1 Å². The fourth-order valence-electron chi connectivity index (χ4n) is 2.11. The van der Waals surface area contributed by atoms with E-state index in [9.17, 15) is 4.79 Å². The molecule has 0 aliphatic heterocycles. The summed E-state index contributed by atoms with van der Waals surface area (Å²) in [6.45, 7) is 4.48. The Morgan fingerprint density at radius 3 is 2.43 bits per heavy atom. The van der Waals surface area contributed by atoms with E-state index in [4.69, 9.17) is 5.73 Å². The number of carbonyl (C=O) groups is 1. The smallest absolute Gasteiger partial charge is 0.251 e. The van der Waals surface area contributed by atoms with Crippen molar-refractivity contribution in [2.75, 3.05) is 5.73 Å². The maximum Gasteiger partial charge on any atom is 0.251 e. The van der Waals surface area contributed by atoms with Gasteiger partial charge in [0.1, 0.15) is 0 Å². The molecule has 0 saturated carbocycles. The van der Waals surface area contributed by atoms with E-state index >= 15 is 0 Å². The molecule has 3 nitrogen and oxygen atoms in total. The molecule has 0 aliphatic rings. The minimum Gasteiger partial charge on any atom is -0.398 e. The Labute approximate surface area is 133 Å². The largest absolute Gasteiger partial charge is 0.398 e. The van der Waals surface area contributed by atoms with Crippen LogP contribution >= 0.6 is 15.9 Å². The number of nitrogens with one attached hydrogen (secondary N) is 1. The summed E-state index contributed by atoms with van der Waals surface area (Å²) in [5.74, 6) is -0.111. The molecule has 0 unspecified atom stereocenters. The monoisotopic (exact) mass is 346 g/mol. The summed E-state index contributed by atoms with van der Waals surface area (Å²) in [6, 6.07) is 11.9. The molecule has 2 aromatic rings. The van der Waals surface area contributed by atoms with Crippen LogP contribution in [0.15, 0.2) is 40.9 Å². The van der Waals surface area contributed by atoms with Gasteiger partial charge in [-0.05, 0) is 42.2 Å². The summed E-state index contributed by atoms with van der Waals surface area (Å²) in [7, 11) is 0. The highest BCUT2D eigenvalue weighted by Crippen LogP contribution is 2.22. The number of aryl methyl sites for hydroxylation is 1. The normalized spacial score (nSPS) is 10.4. The van der Waals surface area contributed by atoms with E-state index in [1.807, 2.05) is 19.1 Å². The van der Waals surface area contributed by atoms with Crippen LogP contribution in [0.25, 0.3) is 0 Å². The lowest BCUT2D eigenvalue weighted by Gasteiger charge is -2.10. The van der Waals surface area contributed by atoms with Crippen molar-refractivity contribution in [1.82, 2.24) is 5.32 Å². The Kier molecular flexibility index (Phi) is 5.02. The highest BCUT2D eigenvalue weighted by atomic mass is 79.9. The molecular weight excluding hydrogens is 328 g/mol. The van der Waals surface area contributed by atoms with E-state index in [0.717, 1.165) is 22.0 Å². The van der Waals surface area contributed by atoms with Crippen molar-refractivity contribution in [2.45, 2.75) is 26.8 Å². The minimum absolute atomic E-state index is 0.111. The lowest BCUT2D eigenvalue weighted by atomic mass is 10.1. The fraction of sp³-hybridized carbons (Fsp3) is 0.235. The number of anilines is 1. The number of carbonyl (C=O) groups excluding carboxylic acids is 1. The lowest BCUT2D eigenvalue weighted by molar-refractivity contribution is 0.0950. The van der Waals surface area contributed by atoms with Gasteiger partial charge in [-0.15, -0.1) is 0 Å². The summed E-state index contributed by atoms with van der Waals surface area (Å²) in [5, 5.41) is 2.93. The van der Waals surface area contributed by atoms with Gasteiger partial charge in [-0.25, -0.2) is 0 Å². The zero-order valence-corrected chi connectivity index (χ0v) is 13.8. The Bertz CT molecular complexity index is 651. The van der Waals surface area contributed by atoms with Gasteiger partial charge in [0.2, 0.25) is 0 Å². The SMILES string of the molecule is CCc1ccc(CNC(=O)c2cc(Br)cc(N)c2C)cc1. The lowest BCUT2D eigenvalue weighted by Crippen LogP contribution is -2.24. The Hall–Kier alpha value is -1.81. The third-order valence-corrected chi connectivity index (χ3v) is 4.00. The van der Waals surface area contributed by atoms with Crippen molar-refractivity contribution in [1.29, 1.82) is 0 Å². The van der Waals surface area contributed by atoms with Crippen molar-refractivity contribution in [2.24, 2.45) is 0 Å². The zero-order chi connectivity index (χ0) is 15.4. The van der Waals surface area contributed by atoms with E-state index in [0.29, 0.717) is 17.8 Å². The quantitative estimate of drug-likeness (QED) is 0.826. The first-order chi connectivity index (χ1) is 10.0. The number of nitrogens with two attached hydrogens (primary N) is 1. The molecule has 0 heterocycles. The van der Waals surface area contributed by atoms with Gasteiger partial charge in [0.15, 0.2) is 0 Å². The van der Waals surface area contributed by atoms with Crippen molar-refractivity contribution in [3.63, 3.8) is 0 Å². The maximum absolute atomic E-state index is 12.3. The van der Waals surface area contributed by atoms with Gasteiger partial charge in [-0.3, -0.25) is 4.79 Å². The molecule has 0 saturated heterocycles. The van der Waals surface area contributed by atoms with Gasteiger partial charge in [0.25, 0.3) is 5.91 Å². The molecule has 0 aromatic heterocycles. The molecule has 0 spiro atoms. The molecule has 4 heteroatoms. The van der Waals surface area contributed by atoms with Gasteiger partial charge in [0, 0.05) is 22.3 Å². The van der Waals surface area contributed by atoms with Gasteiger partial charge in [-0.1, -0.05) is 47.1 Å². The Morgan fingerprint density at radius 1 is 1.19 bits per heavy atom. The molecule has 0 radical (unpaired) electrons. The summed E-state index contributed by atoms with van der Waals surface area (Å²) in [4.78, 5) is 12.3. The summed E-state index contributed by atoms with van der Waals surface area (Å²) in [6.07, 6.45) is 1.02.